The molecule has 1 unspecified atom stereocenters. The molecule has 0 aromatic heterocycles. The SMILES string of the molecule is Cc1ccc2c(c1)/C=C(/C(=O)Nc1ccc(S(C)=O)cc1)CCCN2CC(C)C. The predicted molar refractivity (Wildman–Crippen MR) is 123 cm³/mol. The van der Waals surface area contributed by atoms with E-state index in [1.807, 2.05) is 6.08 Å². The molecule has 1 aliphatic heterocycles. The van der Waals surface area contributed by atoms with E-state index in [9.17, 15) is 9.00 Å². The van der Waals surface area contributed by atoms with Gasteiger partial charge in [-0.05, 0) is 73.7 Å². The second kappa shape index (κ2) is 9.40. The standard InChI is InChI=1S/C24H30N2O2S/c1-17(2)16-26-13-5-6-19(15-20-14-18(3)7-12-23(20)26)24(27)25-21-8-10-22(11-9-21)29(4)28/h7-12,14-15,17H,5-6,13,16H2,1-4H3,(H,25,27)/b19-15+. The first-order valence-electron chi connectivity index (χ1n) is 10.1. The summed E-state index contributed by atoms with van der Waals surface area (Å²) in [5.41, 5.74) is 5.01. The van der Waals surface area contributed by atoms with E-state index in [1.54, 1.807) is 30.5 Å². The van der Waals surface area contributed by atoms with Gasteiger partial charge >= 0.3 is 0 Å². The highest BCUT2D eigenvalue weighted by atomic mass is 32.2. The van der Waals surface area contributed by atoms with Crippen molar-refractivity contribution in [3.8, 4) is 0 Å². The van der Waals surface area contributed by atoms with Crippen LogP contribution >= 0.6 is 0 Å². The largest absolute Gasteiger partial charge is 0.371 e. The van der Waals surface area contributed by atoms with Crippen LogP contribution < -0.4 is 10.2 Å². The minimum atomic E-state index is -1.02. The zero-order valence-electron chi connectivity index (χ0n) is 17.7. The van der Waals surface area contributed by atoms with E-state index in [-0.39, 0.29) is 5.91 Å². The molecule has 1 heterocycles. The molecule has 5 heteroatoms. The number of carbonyl (C=O) groups excluding carboxylic acids is 1. The molecule has 4 nitrogen and oxygen atoms in total. The summed E-state index contributed by atoms with van der Waals surface area (Å²) in [4.78, 5) is 16.1. The molecule has 3 rings (SSSR count). The van der Waals surface area contributed by atoms with Gasteiger partial charge in [-0.25, -0.2) is 0 Å². The minimum absolute atomic E-state index is 0.0693. The smallest absolute Gasteiger partial charge is 0.251 e. The molecule has 0 fully saturated rings. The van der Waals surface area contributed by atoms with Crippen LogP contribution in [-0.2, 0) is 15.6 Å². The zero-order valence-corrected chi connectivity index (χ0v) is 18.5. The summed E-state index contributed by atoms with van der Waals surface area (Å²) in [7, 11) is -1.02. The van der Waals surface area contributed by atoms with Gasteiger partial charge < -0.3 is 10.2 Å². The Balaban J connectivity index is 1.87. The number of nitrogens with one attached hydrogen (secondary N) is 1. The molecule has 0 bridgehead atoms. The number of amides is 1. The van der Waals surface area contributed by atoms with Gasteiger partial charge in [0.1, 0.15) is 0 Å². The second-order valence-electron chi connectivity index (χ2n) is 8.11. The van der Waals surface area contributed by atoms with Gasteiger partial charge in [0.15, 0.2) is 0 Å². The lowest BCUT2D eigenvalue weighted by molar-refractivity contribution is -0.112. The van der Waals surface area contributed by atoms with E-state index >= 15 is 0 Å². The molecule has 0 saturated heterocycles. The van der Waals surface area contributed by atoms with Crippen molar-refractivity contribution in [3.63, 3.8) is 0 Å². The number of rotatable bonds is 5. The summed E-state index contributed by atoms with van der Waals surface area (Å²) >= 11 is 0. The molecule has 29 heavy (non-hydrogen) atoms. The fourth-order valence-electron chi connectivity index (χ4n) is 3.67. The maximum atomic E-state index is 13.0. The summed E-state index contributed by atoms with van der Waals surface area (Å²) in [5, 5.41) is 3.00. The lowest BCUT2D eigenvalue weighted by Gasteiger charge is -2.30. The van der Waals surface area contributed by atoms with Crippen molar-refractivity contribution in [2.24, 2.45) is 5.92 Å². The number of nitrogens with zero attached hydrogens (tertiary/aromatic N) is 1. The fraction of sp³-hybridized carbons (Fsp3) is 0.375. The van der Waals surface area contributed by atoms with Gasteiger partial charge in [0.05, 0.1) is 0 Å². The topological polar surface area (TPSA) is 49.4 Å². The molecule has 0 radical (unpaired) electrons. The van der Waals surface area contributed by atoms with Crippen molar-refractivity contribution >= 4 is 34.2 Å². The highest BCUT2D eigenvalue weighted by Crippen LogP contribution is 2.29. The Morgan fingerprint density at radius 3 is 2.55 bits per heavy atom. The predicted octanol–water partition coefficient (Wildman–Crippen LogP) is 5.01. The van der Waals surface area contributed by atoms with Gasteiger partial charge in [-0.3, -0.25) is 9.00 Å². The van der Waals surface area contributed by atoms with Crippen LogP contribution in [-0.4, -0.2) is 29.5 Å². The van der Waals surface area contributed by atoms with Crippen LogP contribution in [0.15, 0.2) is 52.9 Å². The first-order valence-corrected chi connectivity index (χ1v) is 11.7. The maximum Gasteiger partial charge on any atom is 0.251 e. The molecule has 0 spiro atoms. The van der Waals surface area contributed by atoms with Crippen molar-refractivity contribution in [2.45, 2.75) is 38.5 Å². The average Bonchev–Trinajstić information content (AvgIpc) is 2.65. The van der Waals surface area contributed by atoms with Crippen LogP contribution in [0.5, 0.6) is 0 Å². The van der Waals surface area contributed by atoms with Crippen LogP contribution in [0.25, 0.3) is 6.08 Å². The number of fused-ring (bicyclic) bond motifs is 1. The van der Waals surface area contributed by atoms with E-state index in [2.05, 4.69) is 49.2 Å². The van der Waals surface area contributed by atoms with Gasteiger partial charge in [0.2, 0.25) is 0 Å². The molecule has 1 aliphatic rings. The number of anilines is 2. The van der Waals surface area contributed by atoms with E-state index in [1.165, 1.54) is 11.3 Å². The normalized spacial score (nSPS) is 17.0. The lowest BCUT2D eigenvalue weighted by atomic mass is 9.98. The summed E-state index contributed by atoms with van der Waals surface area (Å²) < 4.78 is 11.5. The summed E-state index contributed by atoms with van der Waals surface area (Å²) in [5.74, 6) is 0.510. The molecule has 0 aliphatic carbocycles. The third kappa shape index (κ3) is 5.57. The lowest BCUT2D eigenvalue weighted by Crippen LogP contribution is -2.30. The Labute approximate surface area is 176 Å². The first kappa shape index (κ1) is 21.3. The number of hydrogen-bond acceptors (Lipinski definition) is 3. The molecule has 1 N–H and O–H groups in total. The van der Waals surface area contributed by atoms with Crippen LogP contribution in [0.3, 0.4) is 0 Å². The van der Waals surface area contributed by atoms with Crippen molar-refractivity contribution in [1.82, 2.24) is 0 Å². The summed E-state index contributed by atoms with van der Waals surface area (Å²) in [6, 6.07) is 13.7. The highest BCUT2D eigenvalue weighted by Gasteiger charge is 2.18. The quantitative estimate of drug-likeness (QED) is 0.754. The van der Waals surface area contributed by atoms with Crippen LogP contribution in [0.4, 0.5) is 11.4 Å². The van der Waals surface area contributed by atoms with Gasteiger partial charge in [-0.2, -0.15) is 0 Å². The van der Waals surface area contributed by atoms with Crippen LogP contribution in [0.2, 0.25) is 0 Å². The second-order valence-corrected chi connectivity index (χ2v) is 9.49. The third-order valence-electron chi connectivity index (χ3n) is 5.05. The van der Waals surface area contributed by atoms with E-state index in [0.29, 0.717) is 5.92 Å². The monoisotopic (exact) mass is 410 g/mol. The van der Waals surface area contributed by atoms with E-state index in [0.717, 1.165) is 47.7 Å². The number of hydrogen-bond donors (Lipinski definition) is 1. The first-order chi connectivity index (χ1) is 13.8. The van der Waals surface area contributed by atoms with Gasteiger partial charge in [0.25, 0.3) is 5.91 Å². The Hall–Kier alpha value is -2.40. The van der Waals surface area contributed by atoms with Gasteiger partial charge in [-0.1, -0.05) is 25.5 Å². The molecular weight excluding hydrogens is 380 g/mol. The van der Waals surface area contributed by atoms with E-state index in [4.69, 9.17) is 0 Å². The van der Waals surface area contributed by atoms with E-state index < -0.39 is 10.8 Å². The molecular formula is C24H30N2O2S. The van der Waals surface area contributed by atoms with Crippen molar-refractivity contribution in [3.05, 3.63) is 59.2 Å². The Morgan fingerprint density at radius 1 is 1.17 bits per heavy atom. The highest BCUT2D eigenvalue weighted by molar-refractivity contribution is 7.84. The number of aryl methyl sites for hydroxylation is 1. The zero-order chi connectivity index (χ0) is 21.0. The molecule has 2 aromatic rings. The Morgan fingerprint density at radius 2 is 1.90 bits per heavy atom. The summed E-state index contributed by atoms with van der Waals surface area (Å²) in [6.45, 7) is 8.51. The molecule has 1 amide bonds. The van der Waals surface area contributed by atoms with Crippen molar-refractivity contribution in [1.29, 1.82) is 0 Å². The molecule has 154 valence electrons. The average molecular weight is 411 g/mol. The molecule has 1 atom stereocenters. The fourth-order valence-corrected chi connectivity index (χ4v) is 4.19. The molecule has 2 aromatic carbocycles. The third-order valence-corrected chi connectivity index (χ3v) is 5.98. The Bertz CT molecular complexity index is 932. The summed E-state index contributed by atoms with van der Waals surface area (Å²) in [6.07, 6.45) is 5.37. The van der Waals surface area contributed by atoms with Crippen molar-refractivity contribution in [2.75, 3.05) is 29.6 Å². The number of benzene rings is 2. The van der Waals surface area contributed by atoms with Gasteiger partial charge in [0, 0.05) is 52.0 Å². The number of carbonyl (C=O) groups is 1. The van der Waals surface area contributed by atoms with Crippen molar-refractivity contribution < 1.29 is 9.00 Å². The Kier molecular flexibility index (Phi) is 6.91. The van der Waals surface area contributed by atoms with Gasteiger partial charge in [-0.15, -0.1) is 0 Å². The van der Waals surface area contributed by atoms with Crippen LogP contribution in [0.1, 0.15) is 37.8 Å². The minimum Gasteiger partial charge on any atom is -0.371 e. The molecule has 0 saturated carbocycles. The maximum absolute atomic E-state index is 13.0. The van der Waals surface area contributed by atoms with Crippen LogP contribution in [0, 0.1) is 12.8 Å².